The molecule has 1 saturated carbocycles. The van der Waals surface area contributed by atoms with E-state index in [-0.39, 0.29) is 6.42 Å². The minimum Gasteiger partial charge on any atom is -0.493 e. The second kappa shape index (κ2) is 12.1. The number of amides is 2. The fourth-order valence-corrected chi connectivity index (χ4v) is 5.20. The van der Waals surface area contributed by atoms with Crippen molar-refractivity contribution in [2.45, 2.75) is 38.2 Å². The predicted molar refractivity (Wildman–Crippen MR) is 149 cm³/mol. The lowest BCUT2D eigenvalue weighted by atomic mass is 9.61. The highest BCUT2D eigenvalue weighted by Crippen LogP contribution is 2.48. The van der Waals surface area contributed by atoms with Crippen LogP contribution < -0.4 is 20.1 Å². The number of para-hydroxylation sites is 2. The molecule has 0 aliphatic heterocycles. The molecule has 39 heavy (non-hydrogen) atoms. The number of hydrogen-bond acceptors (Lipinski definition) is 6. The number of carbonyl (C=O) groups excluding carboxylic acids is 3. The van der Waals surface area contributed by atoms with Gasteiger partial charge in [0.25, 0.3) is 0 Å². The van der Waals surface area contributed by atoms with Crippen molar-refractivity contribution in [3.63, 3.8) is 0 Å². The molecule has 4 unspecified atom stereocenters. The third-order valence-corrected chi connectivity index (χ3v) is 6.95. The summed E-state index contributed by atoms with van der Waals surface area (Å²) >= 11 is 0. The van der Waals surface area contributed by atoms with Gasteiger partial charge in [-0.05, 0) is 55.3 Å². The fourth-order valence-electron chi connectivity index (χ4n) is 5.20. The van der Waals surface area contributed by atoms with Crippen LogP contribution in [-0.4, -0.2) is 42.0 Å². The minimum absolute atomic E-state index is 0.349. The molecular formula is C31H34N2O6. The minimum atomic E-state index is -1.71. The molecule has 0 bridgehead atoms. The van der Waals surface area contributed by atoms with Crippen molar-refractivity contribution in [1.29, 1.82) is 0 Å². The van der Waals surface area contributed by atoms with Crippen LogP contribution in [0.1, 0.15) is 38.2 Å². The molecular weight excluding hydrogens is 496 g/mol. The molecule has 1 aliphatic rings. The van der Waals surface area contributed by atoms with Crippen LogP contribution in [0.5, 0.6) is 11.5 Å². The standard InChI is InChI=1S/C31H34N2O6/c1-4-17-39-24-16-15-20(18-25(24)38-3)26-27(29(35)32-21-11-7-5-8-12-21)23(34)19-31(2,37)28(26)30(36)33-22-13-9-6-10-14-22/h5-16,18,26-28,37H,4,17,19H2,1-3H3,(H,32,35)(H,33,36). The number of methoxy groups -OCH3 is 1. The highest BCUT2D eigenvalue weighted by molar-refractivity contribution is 6.10. The number of ketones is 1. The van der Waals surface area contributed by atoms with Gasteiger partial charge in [0.2, 0.25) is 11.8 Å². The molecule has 1 fully saturated rings. The Morgan fingerprint density at radius 3 is 2.08 bits per heavy atom. The molecule has 8 nitrogen and oxygen atoms in total. The molecule has 8 heteroatoms. The first-order chi connectivity index (χ1) is 18.7. The summed E-state index contributed by atoms with van der Waals surface area (Å²) in [6.07, 6.45) is 0.451. The zero-order valence-corrected chi connectivity index (χ0v) is 22.3. The Hall–Kier alpha value is -4.17. The van der Waals surface area contributed by atoms with Gasteiger partial charge in [0, 0.05) is 23.7 Å². The van der Waals surface area contributed by atoms with Gasteiger partial charge in [-0.15, -0.1) is 0 Å². The first kappa shape index (κ1) is 27.9. The second-order valence-corrected chi connectivity index (χ2v) is 9.95. The molecule has 2 amide bonds. The van der Waals surface area contributed by atoms with Crippen molar-refractivity contribution in [1.82, 2.24) is 0 Å². The van der Waals surface area contributed by atoms with Crippen LogP contribution in [0.2, 0.25) is 0 Å². The van der Waals surface area contributed by atoms with Crippen molar-refractivity contribution in [2.24, 2.45) is 11.8 Å². The monoisotopic (exact) mass is 530 g/mol. The number of Topliss-reactive ketones (excluding diaryl/α,β-unsaturated/α-hetero) is 1. The fraction of sp³-hybridized carbons (Fsp3) is 0.323. The Morgan fingerprint density at radius 1 is 0.923 bits per heavy atom. The zero-order valence-electron chi connectivity index (χ0n) is 22.3. The van der Waals surface area contributed by atoms with Crippen molar-refractivity contribution >= 4 is 29.0 Å². The number of nitrogens with one attached hydrogen (secondary N) is 2. The summed E-state index contributed by atoms with van der Waals surface area (Å²) in [4.78, 5) is 41.0. The molecule has 4 atom stereocenters. The van der Waals surface area contributed by atoms with Gasteiger partial charge >= 0.3 is 0 Å². The van der Waals surface area contributed by atoms with Crippen molar-refractivity contribution in [2.75, 3.05) is 24.4 Å². The molecule has 3 N–H and O–H groups in total. The van der Waals surface area contributed by atoms with E-state index in [1.165, 1.54) is 14.0 Å². The predicted octanol–water partition coefficient (Wildman–Crippen LogP) is 4.80. The summed E-state index contributed by atoms with van der Waals surface area (Å²) in [5, 5.41) is 17.2. The van der Waals surface area contributed by atoms with Crippen molar-refractivity contribution in [3.8, 4) is 11.5 Å². The van der Waals surface area contributed by atoms with Gasteiger partial charge in [-0.2, -0.15) is 0 Å². The van der Waals surface area contributed by atoms with E-state index >= 15 is 0 Å². The maximum absolute atomic E-state index is 13.8. The SMILES string of the molecule is CCCOc1ccc(C2C(C(=O)Nc3ccccc3)C(=O)CC(C)(O)C2C(=O)Nc2ccccc2)cc1OC. The van der Waals surface area contributed by atoms with Gasteiger partial charge in [0.15, 0.2) is 11.5 Å². The lowest BCUT2D eigenvalue weighted by Crippen LogP contribution is -2.56. The van der Waals surface area contributed by atoms with E-state index in [9.17, 15) is 19.5 Å². The molecule has 4 rings (SSSR count). The van der Waals surface area contributed by atoms with E-state index < -0.39 is 41.0 Å². The highest BCUT2D eigenvalue weighted by atomic mass is 16.5. The number of benzene rings is 3. The third-order valence-electron chi connectivity index (χ3n) is 6.95. The summed E-state index contributed by atoms with van der Waals surface area (Å²) < 4.78 is 11.4. The Balaban J connectivity index is 1.80. The molecule has 0 spiro atoms. The molecule has 0 radical (unpaired) electrons. The number of anilines is 2. The maximum atomic E-state index is 13.8. The average Bonchev–Trinajstić information content (AvgIpc) is 2.91. The summed E-state index contributed by atoms with van der Waals surface area (Å²) in [5.74, 6) is -3.93. The van der Waals surface area contributed by atoms with Gasteiger partial charge in [0.1, 0.15) is 11.7 Å². The van der Waals surface area contributed by atoms with Gasteiger partial charge in [-0.1, -0.05) is 49.4 Å². The van der Waals surface area contributed by atoms with E-state index in [0.29, 0.717) is 35.0 Å². The average molecular weight is 531 g/mol. The highest BCUT2D eigenvalue weighted by Gasteiger charge is 2.56. The van der Waals surface area contributed by atoms with Crippen LogP contribution in [0.15, 0.2) is 78.9 Å². The van der Waals surface area contributed by atoms with Crippen LogP contribution in [0, 0.1) is 11.8 Å². The van der Waals surface area contributed by atoms with E-state index in [2.05, 4.69) is 10.6 Å². The summed E-state index contributed by atoms with van der Waals surface area (Å²) in [7, 11) is 1.50. The Labute approximate surface area is 228 Å². The normalized spacial score (nSPS) is 22.6. The molecule has 204 valence electrons. The van der Waals surface area contributed by atoms with Gasteiger partial charge in [-0.25, -0.2) is 0 Å². The first-order valence-corrected chi connectivity index (χ1v) is 13.0. The molecule has 0 heterocycles. The molecule has 0 saturated heterocycles. The van der Waals surface area contributed by atoms with Crippen LogP contribution in [0.4, 0.5) is 11.4 Å². The van der Waals surface area contributed by atoms with E-state index in [0.717, 1.165) is 6.42 Å². The van der Waals surface area contributed by atoms with Crippen LogP contribution in [-0.2, 0) is 14.4 Å². The van der Waals surface area contributed by atoms with Crippen molar-refractivity contribution in [3.05, 3.63) is 84.4 Å². The smallest absolute Gasteiger partial charge is 0.235 e. The Kier molecular flexibility index (Phi) is 8.66. The van der Waals surface area contributed by atoms with Gasteiger partial charge in [0.05, 0.1) is 25.2 Å². The summed E-state index contributed by atoms with van der Waals surface area (Å²) in [6.45, 7) is 3.94. The largest absolute Gasteiger partial charge is 0.493 e. The number of carbonyl (C=O) groups is 3. The number of rotatable bonds is 9. The van der Waals surface area contributed by atoms with E-state index in [1.807, 2.05) is 19.1 Å². The van der Waals surface area contributed by atoms with Gasteiger partial charge in [-0.3, -0.25) is 14.4 Å². The molecule has 0 aromatic heterocycles. The van der Waals surface area contributed by atoms with Gasteiger partial charge < -0.3 is 25.2 Å². The van der Waals surface area contributed by atoms with E-state index in [4.69, 9.17) is 9.47 Å². The lowest BCUT2D eigenvalue weighted by Gasteiger charge is -2.44. The maximum Gasteiger partial charge on any atom is 0.235 e. The zero-order chi connectivity index (χ0) is 28.0. The van der Waals surface area contributed by atoms with E-state index in [1.54, 1.807) is 66.7 Å². The Morgan fingerprint density at radius 2 is 1.51 bits per heavy atom. The van der Waals surface area contributed by atoms with Crippen LogP contribution in [0.3, 0.4) is 0 Å². The molecule has 3 aromatic rings. The number of hydrogen-bond donors (Lipinski definition) is 3. The second-order valence-electron chi connectivity index (χ2n) is 9.95. The Bertz CT molecular complexity index is 1310. The third kappa shape index (κ3) is 6.29. The number of ether oxygens (including phenoxy) is 2. The summed E-state index contributed by atoms with van der Waals surface area (Å²) in [6, 6.07) is 22.8. The summed E-state index contributed by atoms with van der Waals surface area (Å²) in [5.41, 5.74) is -0.141. The number of aliphatic hydroxyl groups is 1. The molecule has 1 aliphatic carbocycles. The first-order valence-electron chi connectivity index (χ1n) is 13.0. The van der Waals surface area contributed by atoms with Crippen LogP contribution in [0.25, 0.3) is 0 Å². The van der Waals surface area contributed by atoms with Crippen LogP contribution >= 0.6 is 0 Å². The lowest BCUT2D eigenvalue weighted by molar-refractivity contribution is -0.150. The quantitative estimate of drug-likeness (QED) is 0.343. The molecule has 3 aromatic carbocycles. The topological polar surface area (TPSA) is 114 Å². The van der Waals surface area contributed by atoms with Crippen molar-refractivity contribution < 1.29 is 29.0 Å².